The van der Waals surface area contributed by atoms with E-state index in [9.17, 15) is 19.2 Å². The molecule has 34 heavy (non-hydrogen) atoms. The van der Waals surface area contributed by atoms with Crippen LogP contribution in [0.25, 0.3) is 0 Å². The molecule has 2 aliphatic rings. The summed E-state index contributed by atoms with van der Waals surface area (Å²) in [6.45, 7) is -0.220. The van der Waals surface area contributed by atoms with E-state index in [2.05, 4.69) is 10.6 Å². The fourth-order valence-corrected chi connectivity index (χ4v) is 7.09. The van der Waals surface area contributed by atoms with Crippen molar-refractivity contribution in [3.8, 4) is 5.75 Å². The summed E-state index contributed by atoms with van der Waals surface area (Å²) < 4.78 is 6.61. The average molecular weight is 516 g/mol. The predicted octanol–water partition coefficient (Wildman–Crippen LogP) is 3.09. The van der Waals surface area contributed by atoms with Crippen molar-refractivity contribution in [1.82, 2.24) is 9.88 Å². The quantitative estimate of drug-likeness (QED) is 0.506. The number of benzene rings is 2. The first kappa shape index (κ1) is 22.7. The van der Waals surface area contributed by atoms with E-state index < -0.39 is 17.1 Å². The van der Waals surface area contributed by atoms with E-state index in [0.29, 0.717) is 26.4 Å². The Morgan fingerprint density at radius 1 is 1.09 bits per heavy atom. The summed E-state index contributed by atoms with van der Waals surface area (Å²) in [4.78, 5) is 51.3. The van der Waals surface area contributed by atoms with Gasteiger partial charge >= 0.3 is 4.87 Å². The summed E-state index contributed by atoms with van der Waals surface area (Å²) in [6.07, 6.45) is 0. The zero-order valence-corrected chi connectivity index (χ0v) is 20.1. The molecule has 0 saturated carbocycles. The first-order valence-electron chi connectivity index (χ1n) is 10.3. The van der Waals surface area contributed by atoms with Gasteiger partial charge in [0.15, 0.2) is 0 Å². The number of thioether (sulfide) groups is 1. The standard InChI is InChI=1S/C23H18ClN3O5S2/c1-32-14-8-2-11(3-9-14)16-17-18(21(30)26-20(17)29)33-22-19(16)34-23(31)27(22)10-15(28)25-13-6-4-12(24)5-7-13/h2-9,16-18H,10H2,1H3,(H,25,28)(H,26,29,30). The van der Waals surface area contributed by atoms with Crippen LogP contribution in [0.5, 0.6) is 5.75 Å². The van der Waals surface area contributed by atoms with E-state index in [-0.39, 0.29) is 29.1 Å². The minimum absolute atomic E-state index is 0.220. The fourth-order valence-electron chi connectivity index (χ4n) is 4.22. The van der Waals surface area contributed by atoms with Crippen LogP contribution < -0.4 is 20.2 Å². The third kappa shape index (κ3) is 4.02. The number of carbonyl (C=O) groups is 3. The Kier molecular flexibility index (Phi) is 5.97. The second-order valence-electron chi connectivity index (χ2n) is 7.85. The molecule has 3 heterocycles. The molecule has 2 aromatic carbocycles. The summed E-state index contributed by atoms with van der Waals surface area (Å²) in [7, 11) is 1.56. The molecule has 11 heteroatoms. The number of hydrogen-bond acceptors (Lipinski definition) is 7. The third-order valence-electron chi connectivity index (χ3n) is 5.79. The number of amides is 3. The number of anilines is 1. The number of ether oxygens (including phenoxy) is 1. The molecule has 1 fully saturated rings. The molecule has 3 aromatic rings. The summed E-state index contributed by atoms with van der Waals surface area (Å²) in [5.41, 5.74) is 1.34. The Labute approximate surface area is 207 Å². The van der Waals surface area contributed by atoms with Crippen LogP contribution in [0.1, 0.15) is 16.4 Å². The number of nitrogens with zero attached hydrogens (tertiary/aromatic N) is 1. The molecule has 2 aliphatic heterocycles. The van der Waals surface area contributed by atoms with Crippen molar-refractivity contribution >= 4 is 58.1 Å². The molecular formula is C23H18ClN3O5S2. The van der Waals surface area contributed by atoms with Gasteiger partial charge in [-0.25, -0.2) is 0 Å². The number of carbonyl (C=O) groups excluding carboxylic acids is 3. The van der Waals surface area contributed by atoms with Crippen LogP contribution in [0.2, 0.25) is 5.02 Å². The number of imide groups is 1. The monoisotopic (exact) mass is 515 g/mol. The molecule has 1 saturated heterocycles. The highest BCUT2D eigenvalue weighted by Gasteiger charge is 2.52. The maximum Gasteiger partial charge on any atom is 0.308 e. The first-order valence-corrected chi connectivity index (χ1v) is 12.4. The highest BCUT2D eigenvalue weighted by molar-refractivity contribution is 8.00. The largest absolute Gasteiger partial charge is 0.497 e. The lowest BCUT2D eigenvalue weighted by molar-refractivity contribution is -0.126. The Morgan fingerprint density at radius 3 is 2.47 bits per heavy atom. The van der Waals surface area contributed by atoms with Crippen LogP contribution in [-0.4, -0.2) is 34.6 Å². The van der Waals surface area contributed by atoms with Gasteiger partial charge < -0.3 is 10.1 Å². The average Bonchev–Trinajstić information content (AvgIpc) is 3.29. The van der Waals surface area contributed by atoms with E-state index in [1.54, 1.807) is 43.5 Å². The molecule has 0 radical (unpaired) electrons. The number of thiazole rings is 1. The lowest BCUT2D eigenvalue weighted by Crippen LogP contribution is -2.32. The summed E-state index contributed by atoms with van der Waals surface area (Å²) in [5.74, 6) is -1.62. The lowest BCUT2D eigenvalue weighted by Gasteiger charge is -2.30. The number of aromatic nitrogens is 1. The van der Waals surface area contributed by atoms with Gasteiger partial charge in [-0.3, -0.25) is 29.1 Å². The maximum atomic E-state index is 13.0. The topological polar surface area (TPSA) is 106 Å². The van der Waals surface area contributed by atoms with Gasteiger partial charge in [0, 0.05) is 21.5 Å². The molecule has 5 rings (SSSR count). The van der Waals surface area contributed by atoms with E-state index >= 15 is 0 Å². The Hall–Kier alpha value is -3.08. The van der Waals surface area contributed by atoms with E-state index in [1.807, 2.05) is 12.1 Å². The number of methoxy groups -OCH3 is 1. The molecule has 174 valence electrons. The molecule has 3 atom stereocenters. The smallest absolute Gasteiger partial charge is 0.308 e. The third-order valence-corrected chi connectivity index (χ3v) is 8.66. The predicted molar refractivity (Wildman–Crippen MR) is 130 cm³/mol. The van der Waals surface area contributed by atoms with Gasteiger partial charge in [0.05, 0.1) is 18.1 Å². The molecule has 8 nitrogen and oxygen atoms in total. The van der Waals surface area contributed by atoms with Gasteiger partial charge in [-0.05, 0) is 42.0 Å². The van der Waals surface area contributed by atoms with Crippen LogP contribution in [0.3, 0.4) is 0 Å². The minimum Gasteiger partial charge on any atom is -0.497 e. The van der Waals surface area contributed by atoms with Crippen LogP contribution in [-0.2, 0) is 20.9 Å². The van der Waals surface area contributed by atoms with Crippen molar-refractivity contribution in [2.24, 2.45) is 5.92 Å². The van der Waals surface area contributed by atoms with E-state index in [0.717, 1.165) is 28.7 Å². The Bertz CT molecular complexity index is 1350. The van der Waals surface area contributed by atoms with Crippen LogP contribution in [0.15, 0.2) is 58.4 Å². The van der Waals surface area contributed by atoms with Gasteiger partial charge in [0.25, 0.3) is 0 Å². The second-order valence-corrected chi connectivity index (χ2v) is 10.4. The number of hydrogen-bond donors (Lipinski definition) is 2. The molecule has 3 amide bonds. The van der Waals surface area contributed by atoms with Crippen LogP contribution >= 0.6 is 34.7 Å². The zero-order chi connectivity index (χ0) is 24.0. The number of nitrogens with one attached hydrogen (secondary N) is 2. The lowest BCUT2D eigenvalue weighted by atomic mass is 9.83. The van der Waals surface area contributed by atoms with E-state index in [4.69, 9.17) is 16.3 Å². The van der Waals surface area contributed by atoms with Gasteiger partial charge in [0.2, 0.25) is 17.7 Å². The molecule has 0 bridgehead atoms. The van der Waals surface area contributed by atoms with Gasteiger partial charge in [-0.15, -0.1) is 0 Å². The molecule has 3 unspecified atom stereocenters. The van der Waals surface area contributed by atoms with Crippen LogP contribution in [0.4, 0.5) is 5.69 Å². The second kappa shape index (κ2) is 8.94. The zero-order valence-electron chi connectivity index (χ0n) is 17.7. The first-order chi connectivity index (χ1) is 16.4. The van der Waals surface area contributed by atoms with Crippen molar-refractivity contribution in [2.45, 2.75) is 22.7 Å². The fraction of sp³-hybridized carbons (Fsp3) is 0.217. The summed E-state index contributed by atoms with van der Waals surface area (Å²) in [5, 5.41) is 5.56. The minimum atomic E-state index is -0.688. The molecule has 0 spiro atoms. The van der Waals surface area contributed by atoms with Crippen molar-refractivity contribution in [1.29, 1.82) is 0 Å². The number of halogens is 1. The number of fused-ring (bicyclic) bond motifs is 2. The highest BCUT2D eigenvalue weighted by Crippen LogP contribution is 2.51. The summed E-state index contributed by atoms with van der Waals surface area (Å²) in [6, 6.07) is 13.9. The van der Waals surface area contributed by atoms with Crippen molar-refractivity contribution in [3.63, 3.8) is 0 Å². The Morgan fingerprint density at radius 2 is 1.79 bits per heavy atom. The SMILES string of the molecule is COc1ccc(C2c3sc(=O)n(CC(=O)Nc4ccc(Cl)cc4)c3SC3C(=O)NC(=O)C32)cc1. The normalized spacial score (nSPS) is 20.9. The van der Waals surface area contributed by atoms with Crippen molar-refractivity contribution < 1.29 is 19.1 Å². The maximum absolute atomic E-state index is 13.0. The van der Waals surface area contributed by atoms with E-state index in [1.165, 1.54) is 4.57 Å². The van der Waals surface area contributed by atoms with Crippen LogP contribution in [0, 0.1) is 5.92 Å². The summed E-state index contributed by atoms with van der Waals surface area (Å²) >= 11 is 8.05. The molecule has 2 N–H and O–H groups in total. The Balaban J connectivity index is 1.52. The van der Waals surface area contributed by atoms with Gasteiger partial charge in [-0.1, -0.05) is 46.8 Å². The molecule has 0 aliphatic carbocycles. The molecule has 1 aromatic heterocycles. The van der Waals surface area contributed by atoms with Crippen molar-refractivity contribution in [2.75, 3.05) is 12.4 Å². The molecular weight excluding hydrogens is 498 g/mol. The van der Waals surface area contributed by atoms with Gasteiger partial charge in [0.1, 0.15) is 17.5 Å². The van der Waals surface area contributed by atoms with Crippen molar-refractivity contribution in [3.05, 3.63) is 73.7 Å². The van der Waals surface area contributed by atoms with Gasteiger partial charge in [-0.2, -0.15) is 0 Å². The number of rotatable bonds is 5. The highest BCUT2D eigenvalue weighted by atomic mass is 35.5.